The van der Waals surface area contributed by atoms with Gasteiger partial charge in [0.2, 0.25) is 0 Å². The van der Waals surface area contributed by atoms with Gasteiger partial charge in [-0.25, -0.2) is 0 Å². The van der Waals surface area contributed by atoms with Crippen LogP contribution < -0.4 is 8.92 Å². The Morgan fingerprint density at radius 3 is 2.53 bits per heavy atom. The summed E-state index contributed by atoms with van der Waals surface area (Å²) in [7, 11) is -3.18. The molecule has 1 atom stereocenters. The molecule has 0 unspecified atom stereocenters. The zero-order valence-electron chi connectivity index (χ0n) is 20.8. The van der Waals surface area contributed by atoms with Crippen LogP contribution in [0.3, 0.4) is 0 Å². The molecule has 0 N–H and O–H groups in total. The number of hydrogen-bond donors (Lipinski definition) is 0. The first-order chi connectivity index (χ1) is 17.9. The molecule has 1 heterocycles. The average Bonchev–Trinajstić information content (AvgIpc) is 3.11. The van der Waals surface area contributed by atoms with E-state index in [0.29, 0.717) is 23.7 Å². The number of esters is 1. The highest BCUT2D eigenvalue weighted by Gasteiger charge is 2.37. The number of benzene rings is 2. The van der Waals surface area contributed by atoms with Gasteiger partial charge in [0.05, 0.1) is 23.0 Å². The Labute approximate surface area is 222 Å². The van der Waals surface area contributed by atoms with E-state index in [-0.39, 0.29) is 33.8 Å². The Kier molecular flexibility index (Phi) is 8.78. The number of methoxy groups -OCH3 is 1. The van der Waals surface area contributed by atoms with E-state index in [9.17, 15) is 32.9 Å². The number of thioether (sulfide) groups is 1. The molecule has 2 amide bonds. The van der Waals surface area contributed by atoms with Gasteiger partial charge in [0.1, 0.15) is 11.4 Å². The van der Waals surface area contributed by atoms with E-state index in [1.807, 2.05) is 6.92 Å². The molecule has 38 heavy (non-hydrogen) atoms. The number of nitro benzene ring substituents is 1. The van der Waals surface area contributed by atoms with Crippen LogP contribution in [0.2, 0.25) is 0 Å². The van der Waals surface area contributed by atoms with E-state index in [2.05, 4.69) is 0 Å². The summed E-state index contributed by atoms with van der Waals surface area (Å²) >= 11 is 0.641. The first-order valence-corrected chi connectivity index (χ1v) is 13.4. The normalized spacial score (nSPS) is 15.5. The van der Waals surface area contributed by atoms with Crippen molar-refractivity contribution < 1.29 is 41.4 Å². The summed E-state index contributed by atoms with van der Waals surface area (Å²) in [4.78, 5) is 47.9. The third kappa shape index (κ3) is 6.50. The van der Waals surface area contributed by atoms with Crippen LogP contribution in [-0.4, -0.2) is 55.1 Å². The van der Waals surface area contributed by atoms with Gasteiger partial charge in [-0.2, -0.15) is 8.42 Å². The van der Waals surface area contributed by atoms with Gasteiger partial charge in [0.15, 0.2) is 11.5 Å². The highest BCUT2D eigenvalue weighted by atomic mass is 32.2. The molecule has 202 valence electrons. The lowest BCUT2D eigenvalue weighted by atomic mass is 10.2. The number of rotatable bonds is 10. The summed E-state index contributed by atoms with van der Waals surface area (Å²) in [6.45, 7) is 4.49. The summed E-state index contributed by atoms with van der Waals surface area (Å²) in [5, 5.41) is 10.6. The highest BCUT2D eigenvalue weighted by molar-refractivity contribution is 8.18. The van der Waals surface area contributed by atoms with Crippen molar-refractivity contribution in [3.05, 3.63) is 62.5 Å². The molecule has 14 heteroatoms. The lowest BCUT2D eigenvalue weighted by molar-refractivity contribution is -0.385. The molecular weight excluding hydrogens is 540 g/mol. The molecule has 0 saturated carbocycles. The third-order valence-electron chi connectivity index (χ3n) is 5.42. The van der Waals surface area contributed by atoms with Gasteiger partial charge in [0.25, 0.3) is 16.8 Å². The van der Waals surface area contributed by atoms with Crippen LogP contribution in [0.1, 0.15) is 31.4 Å². The molecule has 12 nitrogen and oxygen atoms in total. The number of imide groups is 1. The van der Waals surface area contributed by atoms with Crippen LogP contribution >= 0.6 is 11.8 Å². The summed E-state index contributed by atoms with van der Waals surface area (Å²) in [6, 6.07) is 7.47. The molecule has 1 aliphatic rings. The van der Waals surface area contributed by atoms with E-state index in [1.165, 1.54) is 50.4 Å². The highest BCUT2D eigenvalue weighted by Crippen LogP contribution is 2.36. The SMILES string of the molecule is CC[C@H](C)OC(=O)CN1C(=O)S/C(=C\c2ccc(OS(=O)(=O)c3ccc(C)c([N+](=O)[O-])c3)c(OC)c2)C1=O. The Bertz CT molecular complexity index is 1440. The molecule has 0 aliphatic carbocycles. The topological polar surface area (TPSA) is 159 Å². The molecule has 0 bridgehead atoms. The molecular formula is C24H24N2O10S2. The van der Waals surface area contributed by atoms with E-state index < -0.39 is 43.6 Å². The first-order valence-electron chi connectivity index (χ1n) is 11.2. The van der Waals surface area contributed by atoms with Crippen LogP contribution in [0.4, 0.5) is 10.5 Å². The van der Waals surface area contributed by atoms with Gasteiger partial charge in [0, 0.05) is 11.6 Å². The van der Waals surface area contributed by atoms with Crippen molar-refractivity contribution in [3.63, 3.8) is 0 Å². The monoisotopic (exact) mass is 564 g/mol. The zero-order chi connectivity index (χ0) is 28.2. The molecule has 2 aromatic carbocycles. The van der Waals surface area contributed by atoms with Crippen LogP contribution in [0, 0.1) is 17.0 Å². The van der Waals surface area contributed by atoms with Crippen molar-refractivity contribution in [2.75, 3.05) is 13.7 Å². The van der Waals surface area contributed by atoms with Gasteiger partial charge >= 0.3 is 16.1 Å². The van der Waals surface area contributed by atoms with Gasteiger partial charge in [-0.15, -0.1) is 0 Å². The fraction of sp³-hybridized carbons (Fsp3) is 0.292. The second-order valence-electron chi connectivity index (χ2n) is 8.13. The summed E-state index contributed by atoms with van der Waals surface area (Å²) < 4.78 is 41.1. The van der Waals surface area contributed by atoms with Gasteiger partial charge in [-0.1, -0.05) is 19.1 Å². The number of carbonyl (C=O) groups excluding carboxylic acids is 3. The van der Waals surface area contributed by atoms with Crippen LogP contribution in [0.25, 0.3) is 6.08 Å². The second kappa shape index (κ2) is 11.6. The van der Waals surface area contributed by atoms with Crippen molar-refractivity contribution in [2.45, 2.75) is 38.2 Å². The number of nitro groups is 1. The standard InChI is InChI=1S/C24H24N2O10S2/c1-5-15(3)35-22(27)13-25-23(28)21(37-24(25)29)11-16-7-9-19(20(10-16)34-4)36-38(32,33)17-8-6-14(2)18(12-17)26(30)31/h6-12,15H,5,13H2,1-4H3/b21-11-/t15-/m0/s1. The molecule has 0 spiro atoms. The molecule has 3 rings (SSSR count). The van der Waals surface area contributed by atoms with E-state index in [4.69, 9.17) is 13.7 Å². The summed E-state index contributed by atoms with van der Waals surface area (Å²) in [6.07, 6.45) is 1.62. The molecule has 0 aromatic heterocycles. The van der Waals surface area contributed by atoms with Crippen molar-refractivity contribution in [3.8, 4) is 11.5 Å². The van der Waals surface area contributed by atoms with E-state index in [1.54, 1.807) is 6.92 Å². The summed E-state index contributed by atoms with van der Waals surface area (Å²) in [5.41, 5.74) is 0.289. The quantitative estimate of drug-likeness (QED) is 0.135. The van der Waals surface area contributed by atoms with Crippen LogP contribution in [0.15, 0.2) is 46.2 Å². The lowest BCUT2D eigenvalue weighted by Crippen LogP contribution is -2.35. The Morgan fingerprint density at radius 1 is 1.18 bits per heavy atom. The predicted octanol–water partition coefficient (Wildman–Crippen LogP) is 4.06. The summed E-state index contributed by atoms with van der Waals surface area (Å²) in [5.74, 6) is -1.59. The smallest absolute Gasteiger partial charge is 0.339 e. The van der Waals surface area contributed by atoms with Gasteiger partial charge in [-0.3, -0.25) is 29.4 Å². The van der Waals surface area contributed by atoms with Gasteiger partial charge in [-0.05, 0) is 61.9 Å². The van der Waals surface area contributed by atoms with Crippen molar-refractivity contribution >= 4 is 50.8 Å². The second-order valence-corrected chi connectivity index (χ2v) is 10.7. The zero-order valence-corrected chi connectivity index (χ0v) is 22.5. The van der Waals surface area contributed by atoms with Crippen LogP contribution in [0.5, 0.6) is 11.5 Å². The number of carbonyl (C=O) groups is 3. The number of ether oxygens (including phenoxy) is 2. The molecule has 1 fully saturated rings. The number of amides is 2. The fourth-order valence-corrected chi connectivity index (χ4v) is 5.01. The number of nitrogens with zero attached hydrogens (tertiary/aromatic N) is 2. The maximum atomic E-state index is 12.8. The predicted molar refractivity (Wildman–Crippen MR) is 137 cm³/mol. The lowest BCUT2D eigenvalue weighted by Gasteiger charge is -2.14. The molecule has 0 radical (unpaired) electrons. The average molecular weight is 565 g/mol. The Hall–Kier alpha value is -3.91. The number of aryl methyl sites for hydroxylation is 1. The Morgan fingerprint density at radius 2 is 1.89 bits per heavy atom. The Balaban J connectivity index is 1.81. The van der Waals surface area contributed by atoms with E-state index >= 15 is 0 Å². The van der Waals surface area contributed by atoms with Crippen LogP contribution in [-0.2, 0) is 24.4 Å². The minimum absolute atomic E-state index is 0.0136. The first kappa shape index (κ1) is 28.7. The third-order valence-corrected chi connectivity index (χ3v) is 7.56. The number of hydrogen-bond acceptors (Lipinski definition) is 11. The minimum atomic E-state index is -4.45. The van der Waals surface area contributed by atoms with Crippen molar-refractivity contribution in [1.82, 2.24) is 4.90 Å². The van der Waals surface area contributed by atoms with Gasteiger partial charge < -0.3 is 13.7 Å². The maximum Gasteiger partial charge on any atom is 0.339 e. The molecule has 1 saturated heterocycles. The van der Waals surface area contributed by atoms with E-state index in [0.717, 1.165) is 11.0 Å². The van der Waals surface area contributed by atoms with Crippen molar-refractivity contribution in [2.24, 2.45) is 0 Å². The minimum Gasteiger partial charge on any atom is -0.493 e. The maximum absolute atomic E-state index is 12.8. The van der Waals surface area contributed by atoms with Crippen molar-refractivity contribution in [1.29, 1.82) is 0 Å². The largest absolute Gasteiger partial charge is 0.493 e. The molecule has 2 aromatic rings. The molecule has 1 aliphatic heterocycles. The fourth-order valence-electron chi connectivity index (χ4n) is 3.21.